The van der Waals surface area contributed by atoms with Crippen LogP contribution in [0.1, 0.15) is 45.1 Å². The maximum absolute atomic E-state index is 14.7. The lowest BCUT2D eigenvalue weighted by molar-refractivity contribution is 0.0189. The Hall–Kier alpha value is -2.47. The standard InChI is InChI=1S/C25H28ClFN2O3/c1-25(2,3)32-24(30)28-9-7-21-19(14-28)18-11-15(17-6-5-16(26)13-20(17)27)12-22-23(18)29(21)8-4-10-31-22/h5-6,11-13,19,21H,4,7-10,14H2,1-3H3/t19-,21-/m0/s1. The number of likely N-dealkylation sites (tertiary alicyclic amines) is 1. The van der Waals surface area contributed by atoms with Crippen molar-refractivity contribution in [2.45, 2.75) is 51.2 Å². The summed E-state index contributed by atoms with van der Waals surface area (Å²) in [5, 5.41) is 0.369. The van der Waals surface area contributed by atoms with Crippen LogP contribution in [0.5, 0.6) is 5.75 Å². The maximum atomic E-state index is 14.7. The molecule has 2 aromatic rings. The molecule has 0 aromatic heterocycles. The van der Waals surface area contributed by atoms with Crippen molar-refractivity contribution >= 4 is 23.4 Å². The SMILES string of the molecule is CC(C)(C)OC(=O)N1CC[C@H]2[C@@H](C1)c1cc(-c3ccc(Cl)cc3F)cc3c1N2CCCO3. The van der Waals surface area contributed by atoms with Crippen LogP contribution >= 0.6 is 11.6 Å². The molecule has 3 aliphatic rings. The highest BCUT2D eigenvalue weighted by Gasteiger charge is 2.45. The van der Waals surface area contributed by atoms with Gasteiger partial charge in [0.05, 0.1) is 12.3 Å². The summed E-state index contributed by atoms with van der Waals surface area (Å²) in [6.07, 6.45) is 1.51. The third kappa shape index (κ3) is 3.79. The van der Waals surface area contributed by atoms with Crippen LogP contribution in [0, 0.1) is 5.82 Å². The number of fused-ring (bicyclic) bond motifs is 3. The molecular weight excluding hydrogens is 431 g/mol. The monoisotopic (exact) mass is 458 g/mol. The van der Waals surface area contributed by atoms with Crippen molar-refractivity contribution in [1.29, 1.82) is 0 Å². The molecule has 0 bridgehead atoms. The van der Waals surface area contributed by atoms with Crippen LogP contribution in [0.15, 0.2) is 30.3 Å². The van der Waals surface area contributed by atoms with Crippen LogP contribution in [0.2, 0.25) is 5.02 Å². The highest BCUT2D eigenvalue weighted by atomic mass is 35.5. The number of piperidine rings is 1. The molecule has 32 heavy (non-hydrogen) atoms. The summed E-state index contributed by atoms with van der Waals surface area (Å²) in [5.74, 6) is 0.563. The summed E-state index contributed by atoms with van der Waals surface area (Å²) >= 11 is 5.97. The lowest BCUT2D eigenvalue weighted by Gasteiger charge is -2.39. The van der Waals surface area contributed by atoms with E-state index in [0.29, 0.717) is 36.3 Å². The van der Waals surface area contributed by atoms with Gasteiger partial charge in [-0.2, -0.15) is 0 Å². The Bertz CT molecular complexity index is 1070. The van der Waals surface area contributed by atoms with E-state index in [1.54, 1.807) is 12.1 Å². The minimum atomic E-state index is -0.533. The lowest BCUT2D eigenvalue weighted by Crippen LogP contribution is -2.49. The Morgan fingerprint density at radius 2 is 2.03 bits per heavy atom. The summed E-state index contributed by atoms with van der Waals surface area (Å²) in [4.78, 5) is 17.0. The molecule has 3 aliphatic heterocycles. The minimum Gasteiger partial charge on any atom is -0.491 e. The van der Waals surface area contributed by atoms with E-state index in [-0.39, 0.29) is 17.8 Å². The summed E-state index contributed by atoms with van der Waals surface area (Å²) in [5.41, 5.74) is 2.95. The topological polar surface area (TPSA) is 42.0 Å². The molecule has 1 fully saturated rings. The van der Waals surface area contributed by atoms with Gasteiger partial charge in [-0.1, -0.05) is 11.6 Å². The molecule has 0 spiro atoms. The second-order valence-corrected chi connectivity index (χ2v) is 10.3. The van der Waals surface area contributed by atoms with Crippen LogP contribution < -0.4 is 9.64 Å². The zero-order chi connectivity index (χ0) is 22.6. The van der Waals surface area contributed by atoms with Crippen LogP contribution in [0.4, 0.5) is 14.9 Å². The van der Waals surface area contributed by atoms with E-state index >= 15 is 0 Å². The van der Waals surface area contributed by atoms with E-state index in [1.165, 1.54) is 6.07 Å². The van der Waals surface area contributed by atoms with Crippen molar-refractivity contribution in [3.05, 3.63) is 46.7 Å². The molecule has 3 heterocycles. The summed E-state index contributed by atoms with van der Waals surface area (Å²) in [7, 11) is 0. The van der Waals surface area contributed by atoms with Gasteiger partial charge in [-0.05, 0) is 75.1 Å². The van der Waals surface area contributed by atoms with Crippen molar-refractivity contribution in [3.63, 3.8) is 0 Å². The predicted molar refractivity (Wildman–Crippen MR) is 123 cm³/mol. The summed E-state index contributed by atoms with van der Waals surface area (Å²) in [6.45, 7) is 8.44. The van der Waals surface area contributed by atoms with Crippen LogP contribution in [0.25, 0.3) is 11.1 Å². The van der Waals surface area contributed by atoms with Gasteiger partial charge < -0.3 is 19.3 Å². The third-order valence-corrected chi connectivity index (χ3v) is 6.70. The molecule has 1 amide bonds. The molecule has 0 unspecified atom stereocenters. The minimum absolute atomic E-state index is 0.127. The molecule has 1 saturated heterocycles. The fraction of sp³-hybridized carbons (Fsp3) is 0.480. The van der Waals surface area contributed by atoms with Gasteiger partial charge in [0.1, 0.15) is 17.2 Å². The molecule has 0 saturated carbocycles. The average molecular weight is 459 g/mol. The molecule has 0 radical (unpaired) electrons. The van der Waals surface area contributed by atoms with Crippen molar-refractivity contribution in [2.75, 3.05) is 31.1 Å². The van der Waals surface area contributed by atoms with Gasteiger partial charge in [0.2, 0.25) is 0 Å². The Kier molecular flexibility index (Phi) is 5.24. The fourth-order valence-corrected chi connectivity index (χ4v) is 5.34. The Balaban J connectivity index is 1.55. The second kappa shape index (κ2) is 7.84. The first kappa shape index (κ1) is 21.4. The number of carbonyl (C=O) groups excluding carboxylic acids is 1. The molecule has 170 valence electrons. The number of rotatable bonds is 1. The van der Waals surface area contributed by atoms with E-state index in [9.17, 15) is 9.18 Å². The van der Waals surface area contributed by atoms with Gasteiger partial charge in [-0.3, -0.25) is 0 Å². The molecule has 5 rings (SSSR count). The van der Waals surface area contributed by atoms with Gasteiger partial charge in [-0.25, -0.2) is 9.18 Å². The number of halogens is 2. The van der Waals surface area contributed by atoms with Gasteiger partial charge in [0, 0.05) is 42.2 Å². The maximum Gasteiger partial charge on any atom is 0.410 e. The van der Waals surface area contributed by atoms with Crippen molar-refractivity contribution < 1.29 is 18.7 Å². The zero-order valence-corrected chi connectivity index (χ0v) is 19.4. The van der Waals surface area contributed by atoms with E-state index in [2.05, 4.69) is 11.0 Å². The first-order valence-corrected chi connectivity index (χ1v) is 11.6. The van der Waals surface area contributed by atoms with Gasteiger partial charge in [-0.15, -0.1) is 0 Å². The number of ether oxygens (including phenoxy) is 2. The molecular formula is C25H28ClFN2O3. The number of hydrogen-bond acceptors (Lipinski definition) is 4. The van der Waals surface area contributed by atoms with Crippen LogP contribution in [-0.4, -0.2) is 48.9 Å². The van der Waals surface area contributed by atoms with E-state index in [0.717, 1.165) is 42.0 Å². The van der Waals surface area contributed by atoms with Crippen molar-refractivity contribution in [3.8, 4) is 16.9 Å². The average Bonchev–Trinajstić information content (AvgIpc) is 2.87. The van der Waals surface area contributed by atoms with Crippen molar-refractivity contribution in [1.82, 2.24) is 4.90 Å². The number of benzene rings is 2. The fourth-order valence-electron chi connectivity index (χ4n) is 5.18. The van der Waals surface area contributed by atoms with Gasteiger partial charge >= 0.3 is 6.09 Å². The van der Waals surface area contributed by atoms with Gasteiger partial charge in [0.25, 0.3) is 0 Å². The normalized spacial score (nSPS) is 22.0. The van der Waals surface area contributed by atoms with Crippen LogP contribution in [-0.2, 0) is 4.74 Å². The second-order valence-electron chi connectivity index (χ2n) is 9.82. The number of amides is 1. The third-order valence-electron chi connectivity index (χ3n) is 6.46. The van der Waals surface area contributed by atoms with Crippen LogP contribution in [0.3, 0.4) is 0 Å². The highest BCUT2D eigenvalue weighted by Crippen LogP contribution is 2.52. The van der Waals surface area contributed by atoms with E-state index < -0.39 is 5.60 Å². The summed E-state index contributed by atoms with van der Waals surface area (Å²) in [6, 6.07) is 9.05. The molecule has 5 nitrogen and oxygen atoms in total. The lowest BCUT2D eigenvalue weighted by atomic mass is 9.87. The first-order valence-electron chi connectivity index (χ1n) is 11.2. The molecule has 2 aromatic carbocycles. The number of nitrogens with zero attached hydrogens (tertiary/aromatic N) is 2. The number of hydrogen-bond donors (Lipinski definition) is 0. The molecule has 2 atom stereocenters. The quantitative estimate of drug-likeness (QED) is 0.538. The van der Waals surface area contributed by atoms with E-state index in [4.69, 9.17) is 21.1 Å². The van der Waals surface area contributed by atoms with Gasteiger partial charge in [0.15, 0.2) is 0 Å². The molecule has 0 N–H and O–H groups in total. The Morgan fingerprint density at radius 3 is 2.78 bits per heavy atom. The van der Waals surface area contributed by atoms with E-state index in [1.807, 2.05) is 31.7 Å². The molecule has 0 aliphatic carbocycles. The summed E-state index contributed by atoms with van der Waals surface area (Å²) < 4.78 is 26.5. The largest absolute Gasteiger partial charge is 0.491 e. The Morgan fingerprint density at radius 1 is 1.22 bits per heavy atom. The molecule has 7 heteroatoms. The zero-order valence-electron chi connectivity index (χ0n) is 18.7. The van der Waals surface area contributed by atoms with Crippen molar-refractivity contribution in [2.24, 2.45) is 0 Å². The Labute approximate surface area is 193 Å². The number of anilines is 1. The predicted octanol–water partition coefficient (Wildman–Crippen LogP) is 5.84. The number of carbonyl (C=O) groups is 1. The first-order chi connectivity index (χ1) is 15.2. The smallest absolute Gasteiger partial charge is 0.410 e. The highest BCUT2D eigenvalue weighted by molar-refractivity contribution is 6.30.